The molecule has 0 aromatic heterocycles. The van der Waals surface area contributed by atoms with Gasteiger partial charge in [0.25, 0.3) is 0 Å². The number of hydrogen-bond donors (Lipinski definition) is 2. The van der Waals surface area contributed by atoms with Crippen LogP contribution in [0.1, 0.15) is 55.5 Å². The Hall–Kier alpha value is -3.67. The van der Waals surface area contributed by atoms with Gasteiger partial charge in [-0.3, -0.25) is 4.79 Å². The normalized spacial score (nSPS) is 11.8. The zero-order chi connectivity index (χ0) is 24.0. The van der Waals surface area contributed by atoms with Gasteiger partial charge in [-0.2, -0.15) is 0 Å². The molecule has 3 aromatic rings. The van der Waals surface area contributed by atoms with E-state index in [4.69, 9.17) is 0 Å². The summed E-state index contributed by atoms with van der Waals surface area (Å²) in [4.78, 5) is 37.3. The number of benzene rings is 3. The van der Waals surface area contributed by atoms with Crippen LogP contribution < -0.4 is 0 Å². The van der Waals surface area contributed by atoms with E-state index >= 15 is 0 Å². The van der Waals surface area contributed by atoms with E-state index in [2.05, 4.69) is 6.92 Å². The third-order valence-corrected chi connectivity index (χ3v) is 5.87. The summed E-state index contributed by atoms with van der Waals surface area (Å²) in [5.41, 5.74) is 2.54. The van der Waals surface area contributed by atoms with Crippen molar-refractivity contribution < 1.29 is 24.6 Å². The van der Waals surface area contributed by atoms with E-state index in [1.165, 1.54) is 11.8 Å². The predicted molar refractivity (Wildman–Crippen MR) is 128 cm³/mol. The highest BCUT2D eigenvalue weighted by molar-refractivity contribution is 5.98. The van der Waals surface area contributed by atoms with E-state index < -0.39 is 18.0 Å². The zero-order valence-electron chi connectivity index (χ0n) is 19.0. The lowest BCUT2D eigenvalue weighted by molar-refractivity contribution is -0.150. The molecule has 2 N–H and O–H groups in total. The van der Waals surface area contributed by atoms with Gasteiger partial charge in [-0.25, -0.2) is 9.59 Å². The number of carbonyl (C=O) groups excluding carboxylic acids is 1. The molecular weight excluding hydrogens is 418 g/mol. The van der Waals surface area contributed by atoms with Crippen LogP contribution in [0.3, 0.4) is 0 Å². The minimum Gasteiger partial charge on any atom is -0.480 e. The molecule has 6 heteroatoms. The van der Waals surface area contributed by atoms with Crippen LogP contribution in [-0.2, 0) is 16.1 Å². The number of aromatic carboxylic acids is 1. The molecule has 1 amide bonds. The molecule has 0 aliphatic rings. The molecule has 33 heavy (non-hydrogen) atoms. The molecular formula is C27H29NO5. The summed E-state index contributed by atoms with van der Waals surface area (Å²) in [5, 5.41) is 20.8. The van der Waals surface area contributed by atoms with Gasteiger partial charge in [0.05, 0.1) is 5.56 Å². The minimum atomic E-state index is -1.03. The van der Waals surface area contributed by atoms with Crippen LogP contribution in [0.4, 0.5) is 0 Å². The number of hydrogen-bond acceptors (Lipinski definition) is 3. The lowest BCUT2D eigenvalue weighted by Gasteiger charge is -2.27. The Balaban J connectivity index is 1.88. The maximum atomic E-state index is 12.7. The van der Waals surface area contributed by atoms with Crippen LogP contribution >= 0.6 is 0 Å². The molecule has 0 radical (unpaired) electrons. The van der Waals surface area contributed by atoms with Crippen molar-refractivity contribution in [2.75, 3.05) is 0 Å². The lowest BCUT2D eigenvalue weighted by Crippen LogP contribution is -2.42. The van der Waals surface area contributed by atoms with Crippen molar-refractivity contribution in [2.24, 2.45) is 0 Å². The van der Waals surface area contributed by atoms with Crippen molar-refractivity contribution in [3.05, 3.63) is 71.8 Å². The van der Waals surface area contributed by atoms with Crippen molar-refractivity contribution >= 4 is 28.6 Å². The molecule has 0 aliphatic heterocycles. The summed E-state index contributed by atoms with van der Waals surface area (Å²) in [5.74, 6) is -2.15. The predicted octanol–water partition coefficient (Wildman–Crippen LogP) is 5.59. The molecule has 0 fully saturated rings. The number of nitrogens with zero attached hydrogens (tertiary/aromatic N) is 1. The smallest absolute Gasteiger partial charge is 0.336 e. The van der Waals surface area contributed by atoms with Gasteiger partial charge in [0.2, 0.25) is 5.91 Å². The molecule has 3 aromatic carbocycles. The van der Waals surface area contributed by atoms with Crippen LogP contribution in [0, 0.1) is 0 Å². The zero-order valence-corrected chi connectivity index (χ0v) is 19.0. The molecule has 0 unspecified atom stereocenters. The fourth-order valence-corrected chi connectivity index (χ4v) is 3.92. The summed E-state index contributed by atoms with van der Waals surface area (Å²) in [7, 11) is 0. The number of carbonyl (C=O) groups is 3. The maximum absolute atomic E-state index is 12.7. The molecule has 172 valence electrons. The van der Waals surface area contributed by atoms with Crippen LogP contribution in [0.5, 0.6) is 0 Å². The number of fused-ring (bicyclic) bond motifs is 1. The summed E-state index contributed by atoms with van der Waals surface area (Å²) in [6.07, 6.45) is 3.01. The van der Waals surface area contributed by atoms with E-state index in [-0.39, 0.29) is 18.0 Å². The fraction of sp³-hybridized carbons (Fsp3) is 0.296. The molecule has 6 nitrogen and oxygen atoms in total. The van der Waals surface area contributed by atoms with Gasteiger partial charge in [-0.05, 0) is 59.0 Å². The Morgan fingerprint density at radius 3 is 2.30 bits per heavy atom. The summed E-state index contributed by atoms with van der Waals surface area (Å²) >= 11 is 0. The largest absolute Gasteiger partial charge is 0.480 e. The van der Waals surface area contributed by atoms with Gasteiger partial charge in [0, 0.05) is 13.0 Å². The van der Waals surface area contributed by atoms with Crippen LogP contribution in [-0.4, -0.2) is 39.0 Å². The van der Waals surface area contributed by atoms with Crippen molar-refractivity contribution in [1.29, 1.82) is 0 Å². The molecule has 1 atom stereocenters. The quantitative estimate of drug-likeness (QED) is 0.395. The maximum Gasteiger partial charge on any atom is 0.336 e. The molecule has 0 bridgehead atoms. The van der Waals surface area contributed by atoms with Gasteiger partial charge in [-0.1, -0.05) is 62.2 Å². The van der Waals surface area contributed by atoms with E-state index in [0.29, 0.717) is 12.0 Å². The van der Waals surface area contributed by atoms with E-state index in [9.17, 15) is 24.6 Å². The number of amides is 1. The van der Waals surface area contributed by atoms with Gasteiger partial charge < -0.3 is 15.1 Å². The monoisotopic (exact) mass is 447 g/mol. The summed E-state index contributed by atoms with van der Waals surface area (Å²) in [6.45, 7) is 3.81. The summed E-state index contributed by atoms with van der Waals surface area (Å²) < 4.78 is 0. The Morgan fingerprint density at radius 2 is 1.61 bits per heavy atom. The molecule has 0 heterocycles. The lowest BCUT2D eigenvalue weighted by atomic mass is 9.96. The number of unbranched alkanes of at least 4 members (excludes halogenated alkanes) is 2. The van der Waals surface area contributed by atoms with Gasteiger partial charge >= 0.3 is 11.9 Å². The first-order valence-corrected chi connectivity index (χ1v) is 11.2. The first-order valence-electron chi connectivity index (χ1n) is 11.2. The highest BCUT2D eigenvalue weighted by atomic mass is 16.4. The highest BCUT2D eigenvalue weighted by Gasteiger charge is 2.25. The second-order valence-corrected chi connectivity index (χ2v) is 8.24. The van der Waals surface area contributed by atoms with Gasteiger partial charge in [0.15, 0.2) is 0 Å². The van der Waals surface area contributed by atoms with E-state index in [1.807, 2.05) is 42.5 Å². The SMILES string of the molecule is CCCCCC(=O)N(Cc1ccc2cc(-c3ccccc3C(=O)O)ccc2c1)[C@@H](C)C(=O)O. The third-order valence-electron chi connectivity index (χ3n) is 5.87. The van der Waals surface area contributed by atoms with Crippen molar-refractivity contribution in [3.8, 4) is 11.1 Å². The first-order chi connectivity index (χ1) is 15.8. The fourth-order valence-electron chi connectivity index (χ4n) is 3.92. The highest BCUT2D eigenvalue weighted by Crippen LogP contribution is 2.28. The molecule has 0 aliphatic carbocycles. The summed E-state index contributed by atoms with van der Waals surface area (Å²) in [6, 6.07) is 17.5. The molecule has 0 saturated heterocycles. The average molecular weight is 448 g/mol. The van der Waals surface area contributed by atoms with Gasteiger partial charge in [-0.15, -0.1) is 0 Å². The number of aliphatic carboxylic acids is 1. The number of carboxylic acid groups (broad SMARTS) is 2. The Labute approximate surface area is 193 Å². The number of carboxylic acids is 2. The second kappa shape index (κ2) is 10.8. The topological polar surface area (TPSA) is 94.9 Å². The molecule has 0 spiro atoms. The van der Waals surface area contributed by atoms with Crippen molar-refractivity contribution in [2.45, 2.75) is 52.1 Å². The third kappa shape index (κ3) is 5.77. The average Bonchev–Trinajstić information content (AvgIpc) is 2.81. The van der Waals surface area contributed by atoms with Crippen molar-refractivity contribution in [1.82, 2.24) is 4.90 Å². The molecule has 0 saturated carbocycles. The van der Waals surface area contributed by atoms with E-state index in [0.717, 1.165) is 41.2 Å². The first kappa shape index (κ1) is 24.0. The van der Waals surface area contributed by atoms with Crippen molar-refractivity contribution in [3.63, 3.8) is 0 Å². The van der Waals surface area contributed by atoms with Crippen LogP contribution in [0.15, 0.2) is 60.7 Å². The number of rotatable bonds is 10. The minimum absolute atomic E-state index is 0.154. The second-order valence-electron chi connectivity index (χ2n) is 8.24. The van der Waals surface area contributed by atoms with Crippen LogP contribution in [0.2, 0.25) is 0 Å². The Kier molecular flexibility index (Phi) is 7.83. The standard InChI is InChI=1S/C27H29NO5/c1-3-4-5-10-25(29)28(18(2)26(30)31)17-19-11-12-21-16-22(14-13-20(21)15-19)23-8-6-7-9-24(23)27(32)33/h6-9,11-16,18H,3-5,10,17H2,1-2H3,(H,30,31)(H,32,33)/t18-/m0/s1. The van der Waals surface area contributed by atoms with E-state index in [1.54, 1.807) is 18.2 Å². The Morgan fingerprint density at radius 1 is 0.909 bits per heavy atom. The molecule has 3 rings (SSSR count). The van der Waals surface area contributed by atoms with Gasteiger partial charge in [0.1, 0.15) is 6.04 Å². The Bertz CT molecular complexity index is 1170. The van der Waals surface area contributed by atoms with Crippen LogP contribution in [0.25, 0.3) is 21.9 Å².